The Hall–Kier alpha value is -4.61. The lowest BCUT2D eigenvalue weighted by Gasteiger charge is -2.28. The van der Waals surface area contributed by atoms with Gasteiger partial charge in [0.05, 0.1) is 41.7 Å². The summed E-state index contributed by atoms with van der Waals surface area (Å²) in [6.45, 7) is 1.68. The fourth-order valence-corrected chi connectivity index (χ4v) is 7.72. The zero-order valence-electron chi connectivity index (χ0n) is 23.1. The van der Waals surface area contributed by atoms with Crippen LogP contribution >= 0.6 is 11.3 Å². The van der Waals surface area contributed by atoms with Gasteiger partial charge in [0.1, 0.15) is 26.9 Å². The van der Waals surface area contributed by atoms with Gasteiger partial charge in [0.15, 0.2) is 0 Å². The molecule has 11 heteroatoms. The minimum Gasteiger partial charge on any atom is -0.497 e. The van der Waals surface area contributed by atoms with E-state index in [4.69, 9.17) is 19.9 Å². The number of ether oxygens (including phenoxy) is 3. The molecule has 2 N–H and O–H groups in total. The van der Waals surface area contributed by atoms with E-state index in [1.54, 1.807) is 79.7 Å². The number of carbonyl (C=O) groups excluding carboxylic acids is 1. The Balaban J connectivity index is 1.92. The molecule has 0 spiro atoms. The van der Waals surface area contributed by atoms with Gasteiger partial charge in [0, 0.05) is 0 Å². The van der Waals surface area contributed by atoms with Crippen LogP contribution in [0.25, 0.3) is 17.5 Å². The van der Waals surface area contributed by atoms with Gasteiger partial charge in [-0.3, -0.25) is 9.36 Å². The normalized spacial score (nSPS) is 15.4. The maximum atomic E-state index is 14.3. The van der Waals surface area contributed by atoms with Crippen molar-refractivity contribution in [3.05, 3.63) is 114 Å². The SMILES string of the molecule is CCOC(=O)C1=c2sc(=Cc3cccc(OC)c3)c(=O)n2C(N)=C(S(=O)(=O)c2ccccc2)[C@H]1c1cccc(OC)c1. The molecular weight excluding hydrogens is 576 g/mol. The first kappa shape index (κ1) is 28.9. The Morgan fingerprint density at radius 3 is 2.31 bits per heavy atom. The average molecular weight is 605 g/mol. The highest BCUT2D eigenvalue weighted by Gasteiger charge is 2.42. The molecule has 1 aromatic heterocycles. The Labute approximate surface area is 246 Å². The van der Waals surface area contributed by atoms with Crippen molar-refractivity contribution in [2.45, 2.75) is 17.7 Å². The molecule has 0 unspecified atom stereocenters. The zero-order valence-corrected chi connectivity index (χ0v) is 24.7. The van der Waals surface area contributed by atoms with Crippen molar-refractivity contribution in [3.63, 3.8) is 0 Å². The average Bonchev–Trinajstić information content (AvgIpc) is 3.32. The van der Waals surface area contributed by atoms with Crippen molar-refractivity contribution in [1.82, 2.24) is 4.57 Å². The highest BCUT2D eigenvalue weighted by atomic mass is 32.2. The van der Waals surface area contributed by atoms with Gasteiger partial charge in [-0.25, -0.2) is 13.2 Å². The molecule has 0 radical (unpaired) electrons. The largest absolute Gasteiger partial charge is 0.497 e. The molecule has 0 saturated heterocycles. The van der Waals surface area contributed by atoms with E-state index in [1.807, 2.05) is 0 Å². The maximum absolute atomic E-state index is 14.3. The molecule has 0 amide bonds. The first-order valence-electron chi connectivity index (χ1n) is 12.9. The van der Waals surface area contributed by atoms with E-state index in [0.29, 0.717) is 22.6 Å². The number of sulfone groups is 1. The molecule has 2 heterocycles. The van der Waals surface area contributed by atoms with Gasteiger partial charge in [-0.05, 0) is 60.5 Å². The van der Waals surface area contributed by atoms with Crippen LogP contribution in [0.4, 0.5) is 0 Å². The lowest BCUT2D eigenvalue weighted by atomic mass is 9.89. The summed E-state index contributed by atoms with van der Waals surface area (Å²) in [5, 5.41) is 0. The number of carbonyl (C=O) groups is 1. The van der Waals surface area contributed by atoms with Crippen LogP contribution in [0.1, 0.15) is 24.0 Å². The summed E-state index contributed by atoms with van der Waals surface area (Å²) < 4.78 is 46.2. The second kappa shape index (κ2) is 11.7. The van der Waals surface area contributed by atoms with Crippen LogP contribution in [-0.2, 0) is 19.4 Å². The van der Waals surface area contributed by atoms with Gasteiger partial charge in [0.25, 0.3) is 5.56 Å². The van der Waals surface area contributed by atoms with Crippen LogP contribution in [-0.4, -0.2) is 39.8 Å². The number of allylic oxidation sites excluding steroid dienone is 1. The predicted octanol–water partition coefficient (Wildman–Crippen LogP) is 2.83. The summed E-state index contributed by atoms with van der Waals surface area (Å²) in [6, 6.07) is 21.6. The summed E-state index contributed by atoms with van der Waals surface area (Å²) in [5.74, 6) is -1.19. The summed E-state index contributed by atoms with van der Waals surface area (Å²) >= 11 is 1.03. The second-order valence-electron chi connectivity index (χ2n) is 9.24. The van der Waals surface area contributed by atoms with Crippen LogP contribution in [0.2, 0.25) is 0 Å². The maximum Gasteiger partial charge on any atom is 0.338 e. The van der Waals surface area contributed by atoms with E-state index in [9.17, 15) is 18.0 Å². The van der Waals surface area contributed by atoms with Crippen molar-refractivity contribution >= 4 is 44.6 Å². The number of esters is 1. The number of thiazole rings is 1. The first-order valence-corrected chi connectivity index (χ1v) is 15.2. The highest BCUT2D eigenvalue weighted by Crippen LogP contribution is 2.42. The number of benzene rings is 3. The van der Waals surface area contributed by atoms with Gasteiger partial charge < -0.3 is 19.9 Å². The lowest BCUT2D eigenvalue weighted by Crippen LogP contribution is -2.41. The molecule has 0 fully saturated rings. The van der Waals surface area contributed by atoms with Gasteiger partial charge in [-0.1, -0.05) is 42.5 Å². The molecule has 1 aliphatic heterocycles. The van der Waals surface area contributed by atoms with Crippen LogP contribution < -0.4 is 30.0 Å². The molecule has 1 aliphatic rings. The third-order valence-electron chi connectivity index (χ3n) is 6.76. The highest BCUT2D eigenvalue weighted by molar-refractivity contribution is 7.95. The number of hydrogen-bond donors (Lipinski definition) is 1. The van der Waals surface area contributed by atoms with Crippen LogP contribution in [0.15, 0.2) is 93.5 Å². The molecule has 0 saturated carbocycles. The molecule has 3 aromatic carbocycles. The first-order chi connectivity index (χ1) is 20.2. The third kappa shape index (κ3) is 5.12. The van der Waals surface area contributed by atoms with E-state index in [2.05, 4.69) is 0 Å². The summed E-state index contributed by atoms with van der Waals surface area (Å²) in [7, 11) is -1.30. The Kier molecular flexibility index (Phi) is 8.06. The van der Waals surface area contributed by atoms with E-state index in [-0.39, 0.29) is 37.0 Å². The number of aromatic nitrogens is 1. The molecule has 5 rings (SSSR count). The second-order valence-corrected chi connectivity index (χ2v) is 12.2. The van der Waals surface area contributed by atoms with Crippen molar-refractivity contribution in [3.8, 4) is 11.5 Å². The molecular formula is C31H28N2O7S2. The molecule has 42 heavy (non-hydrogen) atoms. The molecule has 216 valence electrons. The predicted molar refractivity (Wildman–Crippen MR) is 161 cm³/mol. The number of fused-ring (bicyclic) bond motifs is 1. The summed E-state index contributed by atoms with van der Waals surface area (Å²) in [6.07, 6.45) is 1.64. The standard InChI is InChI=1S/C31H28N2O7S2/c1-4-40-31(35)26-25(20-11-9-13-22(18-20)39-3)27(42(36,37)23-14-6-5-7-15-23)28(32)33-29(34)24(41-30(26)33)17-19-10-8-12-21(16-19)38-2/h5-18,25H,4,32H2,1-3H3/t25-/m0/s1. The lowest BCUT2D eigenvalue weighted by molar-refractivity contribution is -0.136. The molecule has 9 nitrogen and oxygen atoms in total. The number of methoxy groups -OCH3 is 2. The number of nitrogens with two attached hydrogens (primary N) is 1. The fraction of sp³-hybridized carbons (Fsp3) is 0.161. The Morgan fingerprint density at radius 2 is 1.64 bits per heavy atom. The summed E-state index contributed by atoms with van der Waals surface area (Å²) in [5.41, 5.74) is 7.17. The fourth-order valence-electron chi connectivity index (χ4n) is 4.85. The number of rotatable bonds is 8. The van der Waals surface area contributed by atoms with E-state index >= 15 is 0 Å². The van der Waals surface area contributed by atoms with Crippen molar-refractivity contribution < 1.29 is 27.4 Å². The van der Waals surface area contributed by atoms with E-state index in [1.165, 1.54) is 26.4 Å². The molecule has 0 aliphatic carbocycles. The number of nitrogens with zero attached hydrogens (tertiary/aromatic N) is 1. The Bertz CT molecular complexity index is 1990. The van der Waals surface area contributed by atoms with E-state index in [0.717, 1.165) is 15.9 Å². The van der Waals surface area contributed by atoms with Crippen molar-refractivity contribution in [2.24, 2.45) is 5.73 Å². The van der Waals surface area contributed by atoms with Gasteiger partial charge in [-0.15, -0.1) is 11.3 Å². The quantitative estimate of drug-likeness (QED) is 0.304. The van der Waals surface area contributed by atoms with Crippen LogP contribution in [0, 0.1) is 0 Å². The molecule has 4 aromatic rings. The number of hydrogen-bond acceptors (Lipinski definition) is 9. The molecule has 0 bridgehead atoms. The third-order valence-corrected chi connectivity index (χ3v) is 9.78. The monoisotopic (exact) mass is 604 g/mol. The Morgan fingerprint density at radius 1 is 0.976 bits per heavy atom. The van der Waals surface area contributed by atoms with Gasteiger partial charge in [-0.2, -0.15) is 0 Å². The minimum absolute atomic E-state index is 0.0128. The van der Waals surface area contributed by atoms with E-state index < -0.39 is 27.3 Å². The van der Waals surface area contributed by atoms with Gasteiger partial charge in [0.2, 0.25) is 9.84 Å². The smallest absolute Gasteiger partial charge is 0.338 e. The minimum atomic E-state index is -4.32. The van der Waals surface area contributed by atoms with Crippen molar-refractivity contribution in [1.29, 1.82) is 0 Å². The van der Waals surface area contributed by atoms with Crippen molar-refractivity contribution in [2.75, 3.05) is 20.8 Å². The molecule has 1 atom stereocenters. The summed E-state index contributed by atoms with van der Waals surface area (Å²) in [4.78, 5) is 27.2. The van der Waals surface area contributed by atoms with Crippen LogP contribution in [0.5, 0.6) is 11.5 Å². The van der Waals surface area contributed by atoms with Gasteiger partial charge >= 0.3 is 5.97 Å². The van der Waals surface area contributed by atoms with Crippen LogP contribution in [0.3, 0.4) is 0 Å². The zero-order chi connectivity index (χ0) is 30.0. The topological polar surface area (TPSA) is 127 Å².